The third-order valence-corrected chi connectivity index (χ3v) is 5.12. The summed E-state index contributed by atoms with van der Waals surface area (Å²) >= 11 is 0. The second-order valence-corrected chi connectivity index (χ2v) is 6.98. The number of likely N-dealkylation sites (N-methyl/N-ethyl adjacent to an activating group) is 1. The number of nitrogens with one attached hydrogen (secondary N) is 1. The van der Waals surface area contributed by atoms with Crippen LogP contribution in [0.25, 0.3) is 0 Å². The van der Waals surface area contributed by atoms with E-state index in [0.717, 1.165) is 70.0 Å². The Morgan fingerprint density at radius 1 is 1.29 bits per heavy atom. The smallest absolute Gasteiger partial charge is 0.222 e. The third kappa shape index (κ3) is 4.23. The van der Waals surface area contributed by atoms with E-state index in [1.807, 2.05) is 11.8 Å². The Hall–Kier alpha value is -1.69. The van der Waals surface area contributed by atoms with Crippen LogP contribution < -0.4 is 10.2 Å². The third-order valence-electron chi connectivity index (χ3n) is 5.12. The van der Waals surface area contributed by atoms with Gasteiger partial charge in [-0.25, -0.2) is 9.97 Å². The number of amides is 1. The summed E-state index contributed by atoms with van der Waals surface area (Å²) < 4.78 is 0. The van der Waals surface area contributed by atoms with Gasteiger partial charge in [0.1, 0.15) is 11.6 Å². The van der Waals surface area contributed by atoms with Gasteiger partial charge in [-0.15, -0.1) is 0 Å². The first-order valence-electron chi connectivity index (χ1n) is 9.18. The maximum Gasteiger partial charge on any atom is 0.222 e. The Labute approximate surface area is 144 Å². The summed E-state index contributed by atoms with van der Waals surface area (Å²) in [5.74, 6) is 2.63. The van der Waals surface area contributed by atoms with Crippen molar-refractivity contribution in [3.8, 4) is 0 Å². The summed E-state index contributed by atoms with van der Waals surface area (Å²) in [6.07, 6.45) is 5.15. The molecule has 0 unspecified atom stereocenters. The van der Waals surface area contributed by atoms with E-state index in [1.54, 1.807) is 0 Å². The van der Waals surface area contributed by atoms with Gasteiger partial charge < -0.3 is 15.1 Å². The molecule has 6 heteroatoms. The normalized spacial score (nSPS) is 19.6. The van der Waals surface area contributed by atoms with Gasteiger partial charge in [-0.3, -0.25) is 4.79 Å². The fourth-order valence-electron chi connectivity index (χ4n) is 3.58. The number of piperidine rings is 2. The van der Waals surface area contributed by atoms with Crippen molar-refractivity contribution in [3.05, 3.63) is 17.6 Å². The van der Waals surface area contributed by atoms with Crippen LogP contribution in [0.5, 0.6) is 0 Å². The van der Waals surface area contributed by atoms with Crippen molar-refractivity contribution in [3.63, 3.8) is 0 Å². The predicted octanol–water partition coefficient (Wildman–Crippen LogP) is 1.70. The molecule has 0 atom stereocenters. The van der Waals surface area contributed by atoms with Gasteiger partial charge in [-0.2, -0.15) is 0 Å². The lowest BCUT2D eigenvalue weighted by atomic mass is 9.94. The molecule has 3 heterocycles. The molecule has 2 aliphatic rings. The lowest BCUT2D eigenvalue weighted by Crippen LogP contribution is -2.40. The maximum atomic E-state index is 11.9. The minimum atomic E-state index is 0.295. The second kappa shape index (κ2) is 7.92. The van der Waals surface area contributed by atoms with E-state index >= 15 is 0 Å². The molecule has 24 heavy (non-hydrogen) atoms. The van der Waals surface area contributed by atoms with Gasteiger partial charge in [-0.1, -0.05) is 0 Å². The average molecular weight is 331 g/mol. The van der Waals surface area contributed by atoms with Crippen LogP contribution in [0, 0.1) is 6.92 Å². The van der Waals surface area contributed by atoms with E-state index in [1.165, 1.54) is 5.69 Å². The van der Waals surface area contributed by atoms with Gasteiger partial charge >= 0.3 is 0 Å². The summed E-state index contributed by atoms with van der Waals surface area (Å²) in [6, 6.07) is 2.14. The number of aromatic nitrogens is 2. The summed E-state index contributed by atoms with van der Waals surface area (Å²) in [7, 11) is 2.06. The number of rotatable bonds is 5. The Morgan fingerprint density at radius 2 is 2.08 bits per heavy atom. The number of likely N-dealkylation sites (tertiary alicyclic amines) is 1. The van der Waals surface area contributed by atoms with Gasteiger partial charge in [0, 0.05) is 50.8 Å². The first-order valence-corrected chi connectivity index (χ1v) is 9.18. The maximum absolute atomic E-state index is 11.9. The van der Waals surface area contributed by atoms with Gasteiger partial charge in [0.2, 0.25) is 5.91 Å². The summed E-state index contributed by atoms with van der Waals surface area (Å²) in [5.41, 5.74) is 1.17. The zero-order chi connectivity index (χ0) is 16.9. The Balaban J connectivity index is 1.64. The van der Waals surface area contributed by atoms with Crippen LogP contribution in [0.2, 0.25) is 0 Å². The summed E-state index contributed by atoms with van der Waals surface area (Å²) in [5, 5.41) is 3.41. The molecule has 2 saturated heterocycles. The predicted molar refractivity (Wildman–Crippen MR) is 95.3 cm³/mol. The van der Waals surface area contributed by atoms with Crippen molar-refractivity contribution in [1.82, 2.24) is 20.2 Å². The quantitative estimate of drug-likeness (QED) is 0.890. The van der Waals surface area contributed by atoms with Gasteiger partial charge in [-0.05, 0) is 45.7 Å². The molecule has 1 aromatic rings. The molecular formula is C18H29N5O. The highest BCUT2D eigenvalue weighted by Gasteiger charge is 2.20. The fraction of sp³-hybridized carbons (Fsp3) is 0.722. The molecule has 0 aliphatic carbocycles. The van der Waals surface area contributed by atoms with Gasteiger partial charge in [0.25, 0.3) is 0 Å². The van der Waals surface area contributed by atoms with Crippen LogP contribution in [0.4, 0.5) is 5.82 Å². The van der Waals surface area contributed by atoms with Crippen molar-refractivity contribution < 1.29 is 4.79 Å². The topological polar surface area (TPSA) is 61.4 Å². The molecule has 0 bridgehead atoms. The number of anilines is 1. The molecule has 1 amide bonds. The highest BCUT2D eigenvalue weighted by atomic mass is 16.2. The summed E-state index contributed by atoms with van der Waals surface area (Å²) in [6.45, 7) is 6.59. The van der Waals surface area contributed by atoms with Crippen LogP contribution in [-0.4, -0.2) is 60.5 Å². The molecule has 6 nitrogen and oxygen atoms in total. The molecule has 0 saturated carbocycles. The van der Waals surface area contributed by atoms with Gasteiger partial charge in [0.05, 0.1) is 0 Å². The van der Waals surface area contributed by atoms with Crippen LogP contribution in [0.15, 0.2) is 6.07 Å². The zero-order valence-electron chi connectivity index (χ0n) is 14.9. The Morgan fingerprint density at radius 3 is 2.83 bits per heavy atom. The molecule has 0 radical (unpaired) electrons. The largest absolute Gasteiger partial charge is 0.358 e. The van der Waals surface area contributed by atoms with Crippen molar-refractivity contribution >= 4 is 11.7 Å². The number of aryl methyl sites for hydroxylation is 1. The standard InChI is InChI=1S/C18H29N5O/c1-14-20-16(15-6-8-19-9-7-15)13-17(21-14)22(2)11-12-23-10-4-3-5-18(23)24/h13,15,19H,3-12H2,1-2H3. The fourth-order valence-corrected chi connectivity index (χ4v) is 3.58. The molecule has 2 fully saturated rings. The minimum Gasteiger partial charge on any atom is -0.358 e. The molecule has 0 aromatic carbocycles. The van der Waals surface area contributed by atoms with E-state index in [9.17, 15) is 4.79 Å². The number of hydrogen-bond acceptors (Lipinski definition) is 5. The lowest BCUT2D eigenvalue weighted by Gasteiger charge is -2.29. The highest BCUT2D eigenvalue weighted by molar-refractivity contribution is 5.76. The number of hydrogen-bond donors (Lipinski definition) is 1. The van der Waals surface area contributed by atoms with Crippen LogP contribution in [-0.2, 0) is 4.79 Å². The molecule has 1 aromatic heterocycles. The van der Waals surface area contributed by atoms with E-state index in [2.05, 4.69) is 33.3 Å². The number of nitrogens with zero attached hydrogens (tertiary/aromatic N) is 4. The first-order chi connectivity index (χ1) is 11.6. The average Bonchev–Trinajstić information content (AvgIpc) is 2.61. The number of carbonyl (C=O) groups excluding carboxylic acids is 1. The molecule has 2 aliphatic heterocycles. The van der Waals surface area contributed by atoms with E-state index in [4.69, 9.17) is 0 Å². The van der Waals surface area contributed by atoms with Crippen molar-refractivity contribution in [2.24, 2.45) is 0 Å². The van der Waals surface area contributed by atoms with Gasteiger partial charge in [0.15, 0.2) is 0 Å². The molecule has 3 rings (SSSR count). The number of carbonyl (C=O) groups is 1. The van der Waals surface area contributed by atoms with Crippen LogP contribution >= 0.6 is 0 Å². The molecule has 1 N–H and O–H groups in total. The first kappa shape index (κ1) is 17.1. The molecule has 132 valence electrons. The van der Waals surface area contributed by atoms with E-state index in [-0.39, 0.29) is 0 Å². The van der Waals surface area contributed by atoms with E-state index < -0.39 is 0 Å². The van der Waals surface area contributed by atoms with Crippen molar-refractivity contribution in [2.45, 2.75) is 44.9 Å². The molecular weight excluding hydrogens is 302 g/mol. The zero-order valence-corrected chi connectivity index (χ0v) is 14.9. The highest BCUT2D eigenvalue weighted by Crippen LogP contribution is 2.26. The lowest BCUT2D eigenvalue weighted by molar-refractivity contribution is -0.133. The second-order valence-electron chi connectivity index (χ2n) is 6.98. The van der Waals surface area contributed by atoms with Crippen molar-refractivity contribution in [2.75, 3.05) is 44.7 Å². The SMILES string of the molecule is Cc1nc(C2CCNCC2)cc(N(C)CCN2CCCCC2=O)n1. The summed E-state index contributed by atoms with van der Waals surface area (Å²) in [4.78, 5) is 25.4. The molecule has 0 spiro atoms. The van der Waals surface area contributed by atoms with Crippen LogP contribution in [0.1, 0.15) is 49.5 Å². The monoisotopic (exact) mass is 331 g/mol. The van der Waals surface area contributed by atoms with E-state index in [0.29, 0.717) is 18.2 Å². The Kier molecular flexibility index (Phi) is 5.66. The Bertz CT molecular complexity index is 571. The minimum absolute atomic E-state index is 0.295. The van der Waals surface area contributed by atoms with Crippen LogP contribution in [0.3, 0.4) is 0 Å². The van der Waals surface area contributed by atoms with Crippen molar-refractivity contribution in [1.29, 1.82) is 0 Å².